The fourth-order valence-electron chi connectivity index (χ4n) is 3.03. The Morgan fingerprint density at radius 2 is 1.38 bits per heavy atom. The van der Waals surface area contributed by atoms with E-state index in [0.717, 1.165) is 12.3 Å². The monoisotopic (exact) mass is 280 g/mol. The number of rotatable bonds is 7. The summed E-state index contributed by atoms with van der Waals surface area (Å²) in [5.41, 5.74) is 4.40. The summed E-state index contributed by atoms with van der Waals surface area (Å²) in [7, 11) is 0. The van der Waals surface area contributed by atoms with E-state index < -0.39 is 0 Å². The zero-order chi connectivity index (χ0) is 15.1. The first-order valence-electron chi connectivity index (χ1n) is 8.31. The second kappa shape index (κ2) is 8.02. The summed E-state index contributed by atoms with van der Waals surface area (Å²) in [6.07, 6.45) is 4.83. The van der Waals surface area contributed by atoms with Crippen molar-refractivity contribution < 1.29 is 0 Å². The molecule has 0 amide bonds. The lowest BCUT2D eigenvalue weighted by atomic mass is 9.87. The third kappa shape index (κ3) is 5.04. The molecule has 0 saturated heterocycles. The fourth-order valence-corrected chi connectivity index (χ4v) is 3.03. The largest absolute Gasteiger partial charge is 0.0654 e. The summed E-state index contributed by atoms with van der Waals surface area (Å²) < 4.78 is 0. The molecular formula is C21H28. The van der Waals surface area contributed by atoms with Crippen LogP contribution in [0.5, 0.6) is 0 Å². The Hall–Kier alpha value is -1.56. The van der Waals surface area contributed by atoms with E-state index >= 15 is 0 Å². The van der Waals surface area contributed by atoms with Crippen molar-refractivity contribution in [1.29, 1.82) is 0 Å². The summed E-state index contributed by atoms with van der Waals surface area (Å²) in [4.78, 5) is 0. The molecule has 0 aromatic heterocycles. The lowest BCUT2D eigenvalue weighted by Gasteiger charge is -2.17. The van der Waals surface area contributed by atoms with Gasteiger partial charge >= 0.3 is 0 Å². The predicted molar refractivity (Wildman–Crippen MR) is 92.8 cm³/mol. The highest BCUT2D eigenvalue weighted by atomic mass is 14.2. The van der Waals surface area contributed by atoms with Crippen molar-refractivity contribution in [2.45, 2.75) is 52.4 Å². The van der Waals surface area contributed by atoms with Gasteiger partial charge in [-0.1, -0.05) is 81.8 Å². The van der Waals surface area contributed by atoms with Gasteiger partial charge in [0.15, 0.2) is 0 Å². The van der Waals surface area contributed by atoms with Gasteiger partial charge in [0.1, 0.15) is 0 Å². The minimum absolute atomic E-state index is 0.644. The standard InChI is InChI=1S/C21H28/c1-4-8-21(16-18-9-6-5-7-10-18)20-13-11-19(12-14-20)15-17(2)3/h5-7,9-14,17,21H,4,8,15-16H2,1-3H3. The van der Waals surface area contributed by atoms with Crippen LogP contribution in [-0.4, -0.2) is 0 Å². The molecule has 21 heavy (non-hydrogen) atoms. The minimum atomic E-state index is 0.644. The maximum absolute atomic E-state index is 2.35. The fraction of sp³-hybridized carbons (Fsp3) is 0.429. The quantitative estimate of drug-likeness (QED) is 0.582. The molecule has 2 aromatic carbocycles. The van der Waals surface area contributed by atoms with Gasteiger partial charge < -0.3 is 0 Å². The smallest absolute Gasteiger partial charge is 0.0122 e. The molecule has 0 aliphatic rings. The van der Waals surface area contributed by atoms with E-state index in [-0.39, 0.29) is 0 Å². The molecule has 1 atom stereocenters. The Labute approximate surface area is 130 Å². The molecule has 2 rings (SSSR count). The van der Waals surface area contributed by atoms with Crippen molar-refractivity contribution in [3.05, 3.63) is 71.3 Å². The van der Waals surface area contributed by atoms with Crippen LogP contribution in [0.1, 0.15) is 56.2 Å². The predicted octanol–water partition coefficient (Wildman–Crippen LogP) is 6.01. The van der Waals surface area contributed by atoms with Gasteiger partial charge in [0, 0.05) is 0 Å². The van der Waals surface area contributed by atoms with Gasteiger partial charge in [0.2, 0.25) is 0 Å². The Balaban J connectivity index is 2.10. The van der Waals surface area contributed by atoms with E-state index in [1.807, 2.05) is 0 Å². The highest BCUT2D eigenvalue weighted by molar-refractivity contribution is 5.28. The SMILES string of the molecule is CCCC(Cc1ccccc1)c1ccc(CC(C)C)cc1. The Morgan fingerprint density at radius 1 is 0.762 bits per heavy atom. The summed E-state index contributed by atoms with van der Waals surface area (Å²) in [5.74, 6) is 1.37. The van der Waals surface area contributed by atoms with E-state index in [1.165, 1.54) is 36.0 Å². The summed E-state index contributed by atoms with van der Waals surface area (Å²) in [5, 5.41) is 0. The Kier molecular flexibility index (Phi) is 6.04. The van der Waals surface area contributed by atoms with Crippen molar-refractivity contribution in [1.82, 2.24) is 0 Å². The van der Waals surface area contributed by atoms with Gasteiger partial charge in [-0.25, -0.2) is 0 Å². The van der Waals surface area contributed by atoms with E-state index in [4.69, 9.17) is 0 Å². The minimum Gasteiger partial charge on any atom is -0.0654 e. The average molecular weight is 280 g/mol. The topological polar surface area (TPSA) is 0 Å². The van der Waals surface area contributed by atoms with Crippen LogP contribution in [-0.2, 0) is 12.8 Å². The zero-order valence-electron chi connectivity index (χ0n) is 13.7. The molecule has 0 N–H and O–H groups in total. The molecule has 0 spiro atoms. The third-order valence-corrected chi connectivity index (χ3v) is 4.06. The molecule has 0 heterocycles. The lowest BCUT2D eigenvalue weighted by Crippen LogP contribution is -2.03. The zero-order valence-corrected chi connectivity index (χ0v) is 13.7. The molecule has 1 unspecified atom stereocenters. The van der Waals surface area contributed by atoms with E-state index in [1.54, 1.807) is 0 Å². The molecular weight excluding hydrogens is 252 g/mol. The first-order valence-corrected chi connectivity index (χ1v) is 8.31. The van der Waals surface area contributed by atoms with Gasteiger partial charge in [0.05, 0.1) is 0 Å². The first-order chi connectivity index (χ1) is 10.2. The van der Waals surface area contributed by atoms with Crippen LogP contribution in [0.4, 0.5) is 0 Å². The molecule has 0 bridgehead atoms. The maximum Gasteiger partial charge on any atom is -0.0122 e. The molecule has 0 aliphatic carbocycles. The van der Waals surface area contributed by atoms with Crippen LogP contribution in [0.25, 0.3) is 0 Å². The summed E-state index contributed by atoms with van der Waals surface area (Å²) in [6.45, 7) is 6.84. The van der Waals surface area contributed by atoms with Crippen LogP contribution in [0.3, 0.4) is 0 Å². The van der Waals surface area contributed by atoms with Crippen LogP contribution in [0.2, 0.25) is 0 Å². The number of hydrogen-bond donors (Lipinski definition) is 0. The molecule has 2 aromatic rings. The van der Waals surface area contributed by atoms with Crippen LogP contribution >= 0.6 is 0 Å². The van der Waals surface area contributed by atoms with Crippen LogP contribution in [0.15, 0.2) is 54.6 Å². The molecule has 0 nitrogen and oxygen atoms in total. The van der Waals surface area contributed by atoms with E-state index in [9.17, 15) is 0 Å². The highest BCUT2D eigenvalue weighted by Gasteiger charge is 2.11. The summed E-state index contributed by atoms with van der Waals surface area (Å²) in [6, 6.07) is 20.2. The molecule has 0 radical (unpaired) electrons. The van der Waals surface area contributed by atoms with Crippen molar-refractivity contribution in [3.8, 4) is 0 Å². The van der Waals surface area contributed by atoms with Gasteiger partial charge in [0.25, 0.3) is 0 Å². The van der Waals surface area contributed by atoms with Gasteiger partial charge in [-0.15, -0.1) is 0 Å². The molecule has 112 valence electrons. The molecule has 0 fully saturated rings. The number of benzene rings is 2. The normalized spacial score (nSPS) is 12.6. The second-order valence-corrected chi connectivity index (χ2v) is 6.51. The van der Waals surface area contributed by atoms with Gasteiger partial charge in [-0.3, -0.25) is 0 Å². The lowest BCUT2D eigenvalue weighted by molar-refractivity contribution is 0.609. The van der Waals surface area contributed by atoms with Gasteiger partial charge in [-0.05, 0) is 47.8 Å². The van der Waals surface area contributed by atoms with Gasteiger partial charge in [-0.2, -0.15) is 0 Å². The Bertz CT molecular complexity index is 507. The first kappa shape index (κ1) is 15.8. The maximum atomic E-state index is 2.35. The van der Waals surface area contributed by atoms with E-state index in [2.05, 4.69) is 75.4 Å². The number of hydrogen-bond acceptors (Lipinski definition) is 0. The molecule has 0 aliphatic heterocycles. The second-order valence-electron chi connectivity index (χ2n) is 6.51. The molecule has 0 heteroatoms. The average Bonchev–Trinajstić information content (AvgIpc) is 2.48. The van der Waals surface area contributed by atoms with Crippen molar-refractivity contribution in [3.63, 3.8) is 0 Å². The van der Waals surface area contributed by atoms with E-state index in [0.29, 0.717) is 5.92 Å². The molecule has 0 saturated carbocycles. The van der Waals surface area contributed by atoms with Crippen molar-refractivity contribution in [2.24, 2.45) is 5.92 Å². The Morgan fingerprint density at radius 3 is 1.95 bits per heavy atom. The third-order valence-electron chi connectivity index (χ3n) is 4.06. The van der Waals surface area contributed by atoms with Crippen molar-refractivity contribution >= 4 is 0 Å². The van der Waals surface area contributed by atoms with Crippen molar-refractivity contribution in [2.75, 3.05) is 0 Å². The van der Waals surface area contributed by atoms with Crippen LogP contribution < -0.4 is 0 Å². The highest BCUT2D eigenvalue weighted by Crippen LogP contribution is 2.26. The van der Waals surface area contributed by atoms with Crippen LogP contribution in [0, 0.1) is 5.92 Å². The summed E-state index contributed by atoms with van der Waals surface area (Å²) >= 11 is 0.